The van der Waals surface area contributed by atoms with E-state index in [0.29, 0.717) is 11.4 Å². The molecule has 0 aliphatic rings. The minimum atomic E-state index is -0.530. The summed E-state index contributed by atoms with van der Waals surface area (Å²) in [4.78, 5) is 15.6. The minimum Gasteiger partial charge on any atom is -0.419 e. The molecule has 5 heteroatoms. The number of aromatic nitrogens is 3. The fourth-order valence-electron chi connectivity index (χ4n) is 2.00. The van der Waals surface area contributed by atoms with Crippen LogP contribution >= 0.6 is 0 Å². The number of pyridine rings is 1. The van der Waals surface area contributed by atoms with E-state index in [0.717, 1.165) is 17.3 Å². The van der Waals surface area contributed by atoms with Crippen LogP contribution in [0.25, 0.3) is 16.9 Å². The molecule has 0 saturated carbocycles. The zero-order chi connectivity index (χ0) is 15.4. The van der Waals surface area contributed by atoms with Gasteiger partial charge in [0.1, 0.15) is 5.69 Å². The van der Waals surface area contributed by atoms with E-state index in [1.165, 1.54) is 0 Å². The predicted molar refractivity (Wildman–Crippen MR) is 82.6 cm³/mol. The molecule has 0 amide bonds. The van der Waals surface area contributed by atoms with Crippen molar-refractivity contribution in [2.24, 2.45) is 0 Å². The van der Waals surface area contributed by atoms with Gasteiger partial charge >= 0.3 is 5.97 Å². The topological polar surface area (TPSA) is 57.0 Å². The normalized spacial score (nSPS) is 10.2. The first kappa shape index (κ1) is 13.8. The summed E-state index contributed by atoms with van der Waals surface area (Å²) in [5.74, 6) is -0.167. The van der Waals surface area contributed by atoms with Crippen LogP contribution in [-0.4, -0.2) is 20.7 Å². The lowest BCUT2D eigenvalue weighted by molar-refractivity contribution is -0.128. The van der Waals surface area contributed by atoms with Crippen LogP contribution in [0.1, 0.15) is 0 Å². The Kier molecular flexibility index (Phi) is 3.78. The standard InChI is InChI=1S/C17H13N3O2/c1-2-16(21)22-15-12-20(14-8-4-3-5-9-14)19-17(15)13-7-6-10-18-11-13/h2-12H,1H2. The van der Waals surface area contributed by atoms with Crippen LogP contribution in [0.4, 0.5) is 0 Å². The molecule has 0 N–H and O–H groups in total. The van der Waals surface area contributed by atoms with Gasteiger partial charge in [0.25, 0.3) is 0 Å². The summed E-state index contributed by atoms with van der Waals surface area (Å²) in [6.45, 7) is 3.41. The van der Waals surface area contributed by atoms with Crippen molar-refractivity contribution >= 4 is 5.97 Å². The average Bonchev–Trinajstić information content (AvgIpc) is 3.00. The molecule has 22 heavy (non-hydrogen) atoms. The fraction of sp³-hybridized carbons (Fsp3) is 0. The summed E-state index contributed by atoms with van der Waals surface area (Å²) in [5, 5.41) is 4.50. The Morgan fingerprint density at radius 1 is 1.18 bits per heavy atom. The maximum Gasteiger partial charge on any atom is 0.335 e. The largest absolute Gasteiger partial charge is 0.419 e. The Labute approximate surface area is 127 Å². The smallest absolute Gasteiger partial charge is 0.335 e. The third-order valence-corrected chi connectivity index (χ3v) is 3.01. The van der Waals surface area contributed by atoms with Crippen molar-refractivity contribution in [3.63, 3.8) is 0 Å². The maximum atomic E-state index is 11.5. The van der Waals surface area contributed by atoms with E-state index < -0.39 is 5.97 Å². The van der Waals surface area contributed by atoms with Crippen molar-refractivity contribution < 1.29 is 9.53 Å². The molecule has 3 aromatic rings. The highest BCUT2D eigenvalue weighted by Gasteiger charge is 2.15. The van der Waals surface area contributed by atoms with Crippen molar-refractivity contribution in [1.82, 2.24) is 14.8 Å². The van der Waals surface area contributed by atoms with E-state index in [9.17, 15) is 4.79 Å². The number of carbonyl (C=O) groups is 1. The van der Waals surface area contributed by atoms with Crippen LogP contribution in [0.5, 0.6) is 5.75 Å². The van der Waals surface area contributed by atoms with Gasteiger partial charge in [0, 0.05) is 24.0 Å². The number of ether oxygens (including phenoxy) is 1. The second-order valence-corrected chi connectivity index (χ2v) is 4.49. The quantitative estimate of drug-likeness (QED) is 0.547. The van der Waals surface area contributed by atoms with Crippen molar-refractivity contribution in [3.05, 3.63) is 73.7 Å². The van der Waals surface area contributed by atoms with Crippen LogP contribution in [0.2, 0.25) is 0 Å². The lowest BCUT2D eigenvalue weighted by Crippen LogP contribution is -2.03. The summed E-state index contributed by atoms with van der Waals surface area (Å²) in [6.07, 6.45) is 6.13. The van der Waals surface area contributed by atoms with E-state index in [2.05, 4.69) is 16.7 Å². The first-order valence-corrected chi connectivity index (χ1v) is 6.67. The molecule has 2 aromatic heterocycles. The van der Waals surface area contributed by atoms with Crippen LogP contribution in [0.15, 0.2) is 73.7 Å². The number of benzene rings is 1. The SMILES string of the molecule is C=CC(=O)Oc1cn(-c2ccccc2)nc1-c1cccnc1. The summed E-state index contributed by atoms with van der Waals surface area (Å²) in [7, 11) is 0. The highest BCUT2D eigenvalue weighted by atomic mass is 16.5. The molecule has 3 rings (SSSR count). The van der Waals surface area contributed by atoms with Gasteiger partial charge in [0.05, 0.1) is 11.9 Å². The Balaban J connectivity index is 2.08. The number of hydrogen-bond donors (Lipinski definition) is 0. The lowest BCUT2D eigenvalue weighted by atomic mass is 10.2. The van der Waals surface area contributed by atoms with Gasteiger partial charge in [-0.2, -0.15) is 5.10 Å². The number of esters is 1. The molecule has 0 bridgehead atoms. The molecule has 0 unspecified atom stereocenters. The molecule has 5 nitrogen and oxygen atoms in total. The Hall–Kier alpha value is -3.21. The number of hydrogen-bond acceptors (Lipinski definition) is 4. The summed E-state index contributed by atoms with van der Waals surface area (Å²) >= 11 is 0. The van der Waals surface area contributed by atoms with Gasteiger partial charge in [-0.3, -0.25) is 4.98 Å². The van der Waals surface area contributed by atoms with Gasteiger partial charge in [-0.15, -0.1) is 0 Å². The van der Waals surface area contributed by atoms with Gasteiger partial charge in [0.15, 0.2) is 5.75 Å². The van der Waals surface area contributed by atoms with Gasteiger partial charge < -0.3 is 4.74 Å². The summed E-state index contributed by atoms with van der Waals surface area (Å²) in [6, 6.07) is 13.2. The molecule has 0 spiro atoms. The van der Waals surface area contributed by atoms with E-state index >= 15 is 0 Å². The van der Waals surface area contributed by atoms with Crippen molar-refractivity contribution in [1.29, 1.82) is 0 Å². The third kappa shape index (κ3) is 2.78. The van der Waals surface area contributed by atoms with Gasteiger partial charge in [-0.1, -0.05) is 24.8 Å². The first-order chi connectivity index (χ1) is 10.8. The van der Waals surface area contributed by atoms with Crippen LogP contribution in [0.3, 0.4) is 0 Å². The van der Waals surface area contributed by atoms with E-state index in [-0.39, 0.29) is 0 Å². The molecular formula is C17H13N3O2. The van der Waals surface area contributed by atoms with Crippen molar-refractivity contribution in [3.8, 4) is 22.7 Å². The Bertz CT molecular complexity index is 795. The van der Waals surface area contributed by atoms with Gasteiger partial charge in [0.2, 0.25) is 0 Å². The van der Waals surface area contributed by atoms with Gasteiger partial charge in [-0.05, 0) is 24.3 Å². The van der Waals surface area contributed by atoms with Crippen molar-refractivity contribution in [2.45, 2.75) is 0 Å². The number of para-hydroxylation sites is 1. The number of nitrogens with zero attached hydrogens (tertiary/aromatic N) is 3. The monoisotopic (exact) mass is 291 g/mol. The highest BCUT2D eigenvalue weighted by Crippen LogP contribution is 2.29. The molecule has 108 valence electrons. The minimum absolute atomic E-state index is 0.363. The van der Waals surface area contributed by atoms with Crippen LogP contribution in [-0.2, 0) is 4.79 Å². The number of carbonyl (C=O) groups excluding carboxylic acids is 1. The fourth-order valence-corrected chi connectivity index (χ4v) is 2.00. The summed E-state index contributed by atoms with van der Waals surface area (Å²) in [5.41, 5.74) is 2.18. The van der Waals surface area contributed by atoms with E-state index in [4.69, 9.17) is 4.74 Å². The Morgan fingerprint density at radius 3 is 2.68 bits per heavy atom. The number of rotatable bonds is 4. The van der Waals surface area contributed by atoms with E-state index in [1.807, 2.05) is 36.4 Å². The summed E-state index contributed by atoms with van der Waals surface area (Å²) < 4.78 is 6.94. The Morgan fingerprint density at radius 2 is 2.00 bits per heavy atom. The predicted octanol–water partition coefficient (Wildman–Crippen LogP) is 3.03. The average molecular weight is 291 g/mol. The van der Waals surface area contributed by atoms with Crippen molar-refractivity contribution in [2.75, 3.05) is 0 Å². The maximum absolute atomic E-state index is 11.5. The zero-order valence-electron chi connectivity index (χ0n) is 11.7. The zero-order valence-corrected chi connectivity index (χ0v) is 11.7. The second kappa shape index (κ2) is 6.05. The van der Waals surface area contributed by atoms with Crippen LogP contribution < -0.4 is 4.74 Å². The van der Waals surface area contributed by atoms with Crippen LogP contribution in [0, 0.1) is 0 Å². The molecule has 0 atom stereocenters. The molecule has 0 saturated heterocycles. The molecule has 0 radical (unpaired) electrons. The highest BCUT2D eigenvalue weighted by molar-refractivity contribution is 5.84. The molecule has 0 fully saturated rings. The first-order valence-electron chi connectivity index (χ1n) is 6.67. The lowest BCUT2D eigenvalue weighted by Gasteiger charge is -2.00. The van der Waals surface area contributed by atoms with E-state index in [1.54, 1.807) is 29.3 Å². The molecule has 0 aliphatic heterocycles. The van der Waals surface area contributed by atoms with Gasteiger partial charge in [-0.25, -0.2) is 9.48 Å². The molecule has 0 aliphatic carbocycles. The molecular weight excluding hydrogens is 278 g/mol. The third-order valence-electron chi connectivity index (χ3n) is 3.01. The molecule has 1 aromatic carbocycles. The molecule has 2 heterocycles. The second-order valence-electron chi connectivity index (χ2n) is 4.49.